The zero-order chi connectivity index (χ0) is 8.55. The Labute approximate surface area is 73.0 Å². The number of hydrogen-bond donors (Lipinski definition) is 2. The normalized spacial score (nSPS) is 37.5. The third kappa shape index (κ3) is 1.79. The van der Waals surface area contributed by atoms with Crippen LogP contribution >= 0.6 is 0 Å². The molecule has 0 amide bonds. The van der Waals surface area contributed by atoms with Crippen LogP contribution in [0.15, 0.2) is 0 Å². The van der Waals surface area contributed by atoms with Crippen molar-refractivity contribution >= 4 is 0 Å². The fourth-order valence-electron chi connectivity index (χ4n) is 1.94. The van der Waals surface area contributed by atoms with Crippen molar-refractivity contribution in [2.75, 3.05) is 26.2 Å². The molecule has 0 spiro atoms. The number of hydrogen-bond acceptors (Lipinski definition) is 3. The summed E-state index contributed by atoms with van der Waals surface area (Å²) in [5, 5.41) is 18.4. The van der Waals surface area contributed by atoms with Gasteiger partial charge in [-0.3, -0.25) is 0 Å². The van der Waals surface area contributed by atoms with Gasteiger partial charge in [-0.05, 0) is 18.8 Å². The molecule has 1 aliphatic heterocycles. The van der Waals surface area contributed by atoms with Gasteiger partial charge in [0.1, 0.15) is 0 Å². The number of nitrogens with zero attached hydrogens (tertiary/aromatic N) is 1. The van der Waals surface area contributed by atoms with Crippen LogP contribution in [-0.4, -0.2) is 47.5 Å². The van der Waals surface area contributed by atoms with Gasteiger partial charge in [0.05, 0.1) is 6.10 Å². The third-order valence-corrected chi connectivity index (χ3v) is 2.93. The van der Waals surface area contributed by atoms with E-state index in [2.05, 4.69) is 4.90 Å². The molecule has 1 saturated heterocycles. The van der Waals surface area contributed by atoms with Crippen molar-refractivity contribution in [2.45, 2.75) is 18.9 Å². The van der Waals surface area contributed by atoms with E-state index < -0.39 is 0 Å². The summed E-state index contributed by atoms with van der Waals surface area (Å²) < 4.78 is 0. The highest BCUT2D eigenvalue weighted by Crippen LogP contribution is 2.31. The zero-order valence-electron chi connectivity index (χ0n) is 7.32. The van der Waals surface area contributed by atoms with Crippen LogP contribution < -0.4 is 0 Å². The second-order valence-corrected chi connectivity index (χ2v) is 4.17. The van der Waals surface area contributed by atoms with E-state index in [0.717, 1.165) is 25.6 Å². The van der Waals surface area contributed by atoms with Crippen molar-refractivity contribution in [1.29, 1.82) is 0 Å². The Balaban J connectivity index is 1.78. The summed E-state index contributed by atoms with van der Waals surface area (Å²) in [6, 6.07) is 0. The Hall–Kier alpha value is -0.120. The molecular weight excluding hydrogens is 154 g/mol. The van der Waals surface area contributed by atoms with Gasteiger partial charge in [0.2, 0.25) is 0 Å². The highest BCUT2D eigenvalue weighted by Gasteiger charge is 2.33. The molecular formula is C9H17NO2. The predicted molar refractivity (Wildman–Crippen MR) is 45.7 cm³/mol. The second-order valence-electron chi connectivity index (χ2n) is 4.17. The van der Waals surface area contributed by atoms with Crippen LogP contribution in [0.2, 0.25) is 0 Å². The fraction of sp³-hybridized carbons (Fsp3) is 1.00. The van der Waals surface area contributed by atoms with Gasteiger partial charge in [-0.15, -0.1) is 0 Å². The summed E-state index contributed by atoms with van der Waals surface area (Å²) in [5.41, 5.74) is 0. The maximum atomic E-state index is 9.49. The van der Waals surface area contributed by atoms with Crippen molar-refractivity contribution in [1.82, 2.24) is 4.90 Å². The molecule has 12 heavy (non-hydrogen) atoms. The number of likely N-dealkylation sites (tertiary alicyclic amines) is 1. The van der Waals surface area contributed by atoms with E-state index in [4.69, 9.17) is 5.11 Å². The van der Waals surface area contributed by atoms with Gasteiger partial charge in [0, 0.05) is 32.2 Å². The van der Waals surface area contributed by atoms with Crippen LogP contribution in [0.4, 0.5) is 0 Å². The Morgan fingerprint density at radius 1 is 1.25 bits per heavy atom. The molecule has 2 N–H and O–H groups in total. The molecule has 1 heterocycles. The Kier molecular flexibility index (Phi) is 2.35. The molecule has 0 radical (unpaired) electrons. The average Bonchev–Trinajstić information content (AvgIpc) is 2.76. The highest BCUT2D eigenvalue weighted by atomic mass is 16.3. The summed E-state index contributed by atoms with van der Waals surface area (Å²) in [6.07, 6.45) is 2.42. The average molecular weight is 171 g/mol. The van der Waals surface area contributed by atoms with Crippen molar-refractivity contribution in [2.24, 2.45) is 11.8 Å². The lowest BCUT2D eigenvalue weighted by Crippen LogP contribution is -2.24. The van der Waals surface area contributed by atoms with E-state index in [1.54, 1.807) is 0 Å². The van der Waals surface area contributed by atoms with Gasteiger partial charge in [0.25, 0.3) is 0 Å². The minimum atomic E-state index is -0.297. The first-order valence-electron chi connectivity index (χ1n) is 4.81. The van der Waals surface area contributed by atoms with Gasteiger partial charge in [0.15, 0.2) is 0 Å². The fourth-order valence-corrected chi connectivity index (χ4v) is 1.94. The first-order chi connectivity index (χ1) is 5.79. The second kappa shape index (κ2) is 3.32. The third-order valence-electron chi connectivity index (χ3n) is 2.93. The summed E-state index contributed by atoms with van der Waals surface area (Å²) >= 11 is 0. The van der Waals surface area contributed by atoms with E-state index >= 15 is 0 Å². The molecule has 0 aromatic carbocycles. The van der Waals surface area contributed by atoms with Crippen LogP contribution in [0, 0.1) is 11.8 Å². The topological polar surface area (TPSA) is 43.7 Å². The molecule has 2 fully saturated rings. The standard InChI is InChI=1S/C9H17NO2/c11-6-8-4-10(5-9(8)12)3-7-1-2-7/h7-9,11-12H,1-6H2. The molecule has 2 atom stereocenters. The summed E-state index contributed by atoms with van der Waals surface area (Å²) in [7, 11) is 0. The lowest BCUT2D eigenvalue weighted by atomic mass is 10.1. The number of aliphatic hydroxyl groups excluding tert-OH is 2. The molecule has 0 aromatic heterocycles. The van der Waals surface area contributed by atoms with Crippen molar-refractivity contribution in [3.63, 3.8) is 0 Å². The first kappa shape index (κ1) is 8.48. The van der Waals surface area contributed by atoms with Gasteiger partial charge < -0.3 is 15.1 Å². The highest BCUT2D eigenvalue weighted by molar-refractivity contribution is 4.86. The first-order valence-corrected chi connectivity index (χ1v) is 4.81. The van der Waals surface area contributed by atoms with Gasteiger partial charge in [-0.2, -0.15) is 0 Å². The maximum Gasteiger partial charge on any atom is 0.0729 e. The van der Waals surface area contributed by atoms with Crippen LogP contribution in [0.25, 0.3) is 0 Å². The monoisotopic (exact) mass is 171 g/mol. The molecule has 0 aromatic rings. The smallest absolute Gasteiger partial charge is 0.0729 e. The van der Waals surface area contributed by atoms with Gasteiger partial charge in [-0.1, -0.05) is 0 Å². The van der Waals surface area contributed by atoms with E-state index in [-0.39, 0.29) is 18.6 Å². The quantitative estimate of drug-likeness (QED) is 0.611. The molecule has 2 aliphatic rings. The lowest BCUT2D eigenvalue weighted by Gasteiger charge is -2.13. The van der Waals surface area contributed by atoms with Crippen LogP contribution in [-0.2, 0) is 0 Å². The molecule has 2 unspecified atom stereocenters. The summed E-state index contributed by atoms with van der Waals surface area (Å²) in [4.78, 5) is 2.28. The Bertz CT molecular complexity index is 159. The van der Waals surface area contributed by atoms with E-state index in [1.807, 2.05) is 0 Å². The number of aliphatic hydroxyl groups is 2. The summed E-state index contributed by atoms with van der Waals surface area (Å²) in [6.45, 7) is 2.91. The van der Waals surface area contributed by atoms with Crippen LogP contribution in [0.3, 0.4) is 0 Å². The van der Waals surface area contributed by atoms with E-state index in [0.29, 0.717) is 0 Å². The predicted octanol–water partition coefficient (Wildman–Crippen LogP) is -0.319. The van der Waals surface area contributed by atoms with Crippen molar-refractivity contribution in [3.05, 3.63) is 0 Å². The molecule has 2 rings (SSSR count). The molecule has 70 valence electrons. The van der Waals surface area contributed by atoms with Crippen LogP contribution in [0.1, 0.15) is 12.8 Å². The largest absolute Gasteiger partial charge is 0.396 e. The SMILES string of the molecule is OCC1CN(CC2CC2)CC1O. The number of rotatable bonds is 3. The van der Waals surface area contributed by atoms with E-state index in [1.165, 1.54) is 12.8 Å². The van der Waals surface area contributed by atoms with Crippen molar-refractivity contribution in [3.8, 4) is 0 Å². The van der Waals surface area contributed by atoms with Gasteiger partial charge >= 0.3 is 0 Å². The molecule has 3 heteroatoms. The van der Waals surface area contributed by atoms with E-state index in [9.17, 15) is 5.11 Å². The zero-order valence-corrected chi connectivity index (χ0v) is 7.32. The summed E-state index contributed by atoms with van der Waals surface area (Å²) in [5.74, 6) is 0.985. The van der Waals surface area contributed by atoms with Gasteiger partial charge in [-0.25, -0.2) is 0 Å². The maximum absolute atomic E-state index is 9.49. The minimum Gasteiger partial charge on any atom is -0.396 e. The lowest BCUT2D eigenvalue weighted by molar-refractivity contribution is 0.103. The minimum absolute atomic E-state index is 0.101. The number of β-amino-alcohol motifs (C(OH)–C–C–N with tert-alkyl or cyclic N) is 1. The molecule has 0 bridgehead atoms. The Morgan fingerprint density at radius 3 is 2.50 bits per heavy atom. The van der Waals surface area contributed by atoms with Crippen molar-refractivity contribution < 1.29 is 10.2 Å². The van der Waals surface area contributed by atoms with Crippen LogP contribution in [0.5, 0.6) is 0 Å². The molecule has 3 nitrogen and oxygen atoms in total. The molecule has 1 saturated carbocycles. The molecule has 1 aliphatic carbocycles. The Morgan fingerprint density at radius 2 is 2.00 bits per heavy atom.